The molecule has 0 amide bonds. The van der Waals surface area contributed by atoms with Crippen LogP contribution in [0.2, 0.25) is 0 Å². The normalized spacial score (nSPS) is 20.0. The minimum atomic E-state index is -4.31. The smallest absolute Gasteiger partial charge is 0.390 e. The molecule has 0 bridgehead atoms. The van der Waals surface area contributed by atoms with E-state index >= 15 is 0 Å². The molecule has 1 unspecified atom stereocenters. The van der Waals surface area contributed by atoms with E-state index in [2.05, 4.69) is 5.16 Å². The first kappa shape index (κ1) is 11.9. The van der Waals surface area contributed by atoms with Gasteiger partial charge in [0.05, 0.1) is 11.3 Å². The Kier molecular flexibility index (Phi) is 3.06. The van der Waals surface area contributed by atoms with Crippen LogP contribution in [0.1, 0.15) is 17.5 Å². The van der Waals surface area contributed by atoms with Gasteiger partial charge in [-0.3, -0.25) is 0 Å². The molecule has 3 nitrogen and oxygen atoms in total. The molecule has 0 fully saturated rings. The lowest BCUT2D eigenvalue weighted by Crippen LogP contribution is -2.20. The van der Waals surface area contributed by atoms with Crippen molar-refractivity contribution in [1.82, 2.24) is 0 Å². The van der Waals surface area contributed by atoms with E-state index in [-0.39, 0.29) is 6.10 Å². The lowest BCUT2D eigenvalue weighted by Gasteiger charge is -2.07. The zero-order valence-corrected chi connectivity index (χ0v) is 8.87. The Labute approximate surface area is 96.0 Å². The summed E-state index contributed by atoms with van der Waals surface area (Å²) in [6.07, 6.45) is -3.96. The molecule has 1 heterocycles. The van der Waals surface area contributed by atoms with Crippen LogP contribution in [0.25, 0.3) is 0 Å². The number of oxime groups is 1. The van der Waals surface area contributed by atoms with Crippen LogP contribution in [0, 0.1) is 0 Å². The predicted octanol–water partition coefficient (Wildman–Crippen LogP) is 2.16. The number of alkyl halides is 3. The van der Waals surface area contributed by atoms with Gasteiger partial charge in [-0.2, -0.15) is 13.2 Å². The number of rotatable bonds is 2. The molecule has 0 spiro atoms. The number of hydrogen-bond acceptors (Lipinski definition) is 3. The van der Waals surface area contributed by atoms with Gasteiger partial charge in [0.2, 0.25) is 0 Å². The third-order valence-electron chi connectivity index (χ3n) is 2.54. The van der Waals surface area contributed by atoms with Crippen LogP contribution in [0.3, 0.4) is 0 Å². The maximum Gasteiger partial charge on any atom is 0.416 e. The second kappa shape index (κ2) is 4.37. The van der Waals surface area contributed by atoms with Crippen LogP contribution in [-0.4, -0.2) is 18.4 Å². The first-order valence-electron chi connectivity index (χ1n) is 5.11. The van der Waals surface area contributed by atoms with E-state index in [4.69, 9.17) is 10.6 Å². The minimum absolute atomic E-state index is 0.174. The van der Waals surface area contributed by atoms with E-state index in [9.17, 15) is 13.2 Å². The number of halogens is 3. The van der Waals surface area contributed by atoms with Crippen LogP contribution in [0.15, 0.2) is 29.4 Å². The molecule has 17 heavy (non-hydrogen) atoms. The van der Waals surface area contributed by atoms with Crippen molar-refractivity contribution >= 4 is 5.71 Å². The number of nitrogens with zero attached hydrogens (tertiary/aromatic N) is 1. The molecule has 1 aromatic carbocycles. The molecule has 1 aliphatic heterocycles. The molecule has 1 aromatic rings. The Balaban J connectivity index is 2.14. The fraction of sp³-hybridized carbons (Fsp3) is 0.364. The molecule has 0 aliphatic carbocycles. The Bertz CT molecular complexity index is 425. The topological polar surface area (TPSA) is 47.6 Å². The fourth-order valence-electron chi connectivity index (χ4n) is 1.58. The summed E-state index contributed by atoms with van der Waals surface area (Å²) in [5.41, 5.74) is 6.00. The minimum Gasteiger partial charge on any atom is -0.390 e. The Morgan fingerprint density at radius 2 is 1.94 bits per heavy atom. The highest BCUT2D eigenvalue weighted by molar-refractivity contribution is 6.01. The fourth-order valence-corrected chi connectivity index (χ4v) is 1.58. The lowest BCUT2D eigenvalue weighted by molar-refractivity contribution is -0.137. The van der Waals surface area contributed by atoms with Crippen molar-refractivity contribution in [2.75, 3.05) is 6.54 Å². The maximum atomic E-state index is 12.3. The maximum absolute atomic E-state index is 12.3. The summed E-state index contributed by atoms with van der Waals surface area (Å²) >= 11 is 0. The molecular formula is C11H11F3N2O. The van der Waals surface area contributed by atoms with E-state index in [0.717, 1.165) is 12.1 Å². The van der Waals surface area contributed by atoms with Crippen LogP contribution in [0.4, 0.5) is 13.2 Å². The third-order valence-corrected chi connectivity index (χ3v) is 2.54. The Morgan fingerprint density at radius 1 is 1.29 bits per heavy atom. The lowest BCUT2D eigenvalue weighted by atomic mass is 10.0. The van der Waals surface area contributed by atoms with Gasteiger partial charge in [0.25, 0.3) is 0 Å². The number of nitrogens with two attached hydrogens (primary N) is 1. The van der Waals surface area contributed by atoms with Crippen molar-refractivity contribution < 1.29 is 18.0 Å². The SMILES string of the molecule is NCC1CC(c2ccc(C(F)(F)F)cc2)=NO1. The molecular weight excluding hydrogens is 233 g/mol. The van der Waals surface area contributed by atoms with Crippen molar-refractivity contribution in [3.05, 3.63) is 35.4 Å². The van der Waals surface area contributed by atoms with Gasteiger partial charge in [-0.25, -0.2) is 0 Å². The number of hydrogen-bond donors (Lipinski definition) is 1. The molecule has 0 radical (unpaired) electrons. The zero-order valence-electron chi connectivity index (χ0n) is 8.87. The largest absolute Gasteiger partial charge is 0.416 e. The molecule has 2 rings (SSSR count). The molecule has 6 heteroatoms. The monoisotopic (exact) mass is 244 g/mol. The van der Waals surface area contributed by atoms with Crippen LogP contribution >= 0.6 is 0 Å². The summed E-state index contributed by atoms with van der Waals surface area (Å²) in [5.74, 6) is 0. The van der Waals surface area contributed by atoms with Gasteiger partial charge >= 0.3 is 6.18 Å². The summed E-state index contributed by atoms with van der Waals surface area (Å²) < 4.78 is 37.0. The van der Waals surface area contributed by atoms with Crippen LogP contribution < -0.4 is 5.73 Å². The molecule has 0 saturated carbocycles. The molecule has 2 N–H and O–H groups in total. The van der Waals surface area contributed by atoms with Crippen molar-refractivity contribution in [3.63, 3.8) is 0 Å². The molecule has 0 saturated heterocycles. The van der Waals surface area contributed by atoms with Gasteiger partial charge in [0.1, 0.15) is 6.10 Å². The van der Waals surface area contributed by atoms with Crippen LogP contribution in [-0.2, 0) is 11.0 Å². The highest BCUT2D eigenvalue weighted by Gasteiger charge is 2.30. The van der Waals surface area contributed by atoms with E-state index in [1.54, 1.807) is 0 Å². The van der Waals surface area contributed by atoms with Crippen molar-refractivity contribution in [2.45, 2.75) is 18.7 Å². The first-order chi connectivity index (χ1) is 8.00. The summed E-state index contributed by atoms with van der Waals surface area (Å²) in [6.45, 7) is 0.341. The first-order valence-corrected chi connectivity index (χ1v) is 5.11. The Hall–Kier alpha value is -1.56. The van der Waals surface area contributed by atoms with Gasteiger partial charge in [-0.05, 0) is 17.7 Å². The molecule has 92 valence electrons. The Morgan fingerprint density at radius 3 is 2.41 bits per heavy atom. The summed E-state index contributed by atoms with van der Waals surface area (Å²) in [6, 6.07) is 4.86. The second-order valence-electron chi connectivity index (χ2n) is 3.78. The van der Waals surface area contributed by atoms with E-state index in [1.165, 1.54) is 12.1 Å². The van der Waals surface area contributed by atoms with Gasteiger partial charge in [0, 0.05) is 13.0 Å². The van der Waals surface area contributed by atoms with Gasteiger partial charge in [-0.1, -0.05) is 17.3 Å². The highest BCUT2D eigenvalue weighted by Crippen LogP contribution is 2.29. The summed E-state index contributed by atoms with van der Waals surface area (Å²) in [4.78, 5) is 5.01. The van der Waals surface area contributed by atoms with Gasteiger partial charge < -0.3 is 10.6 Å². The molecule has 1 aliphatic rings. The predicted molar refractivity (Wildman–Crippen MR) is 56.5 cm³/mol. The van der Waals surface area contributed by atoms with Gasteiger partial charge in [0.15, 0.2) is 0 Å². The zero-order chi connectivity index (χ0) is 12.5. The van der Waals surface area contributed by atoms with Crippen molar-refractivity contribution in [1.29, 1.82) is 0 Å². The standard InChI is InChI=1S/C11H11F3N2O/c12-11(13,14)8-3-1-7(2-4-8)10-5-9(6-15)17-16-10/h1-4,9H,5-6,15H2. The molecule has 0 aromatic heterocycles. The summed E-state index contributed by atoms with van der Waals surface area (Å²) in [7, 11) is 0. The quantitative estimate of drug-likeness (QED) is 0.866. The highest BCUT2D eigenvalue weighted by atomic mass is 19.4. The third kappa shape index (κ3) is 2.58. The second-order valence-corrected chi connectivity index (χ2v) is 3.78. The van der Waals surface area contributed by atoms with E-state index < -0.39 is 11.7 Å². The summed E-state index contributed by atoms with van der Waals surface area (Å²) in [5, 5.41) is 3.81. The average Bonchev–Trinajstić information content (AvgIpc) is 2.76. The van der Waals surface area contributed by atoms with E-state index in [0.29, 0.717) is 24.2 Å². The molecule has 1 atom stereocenters. The van der Waals surface area contributed by atoms with Crippen molar-refractivity contribution in [2.24, 2.45) is 10.9 Å². The van der Waals surface area contributed by atoms with Gasteiger partial charge in [-0.15, -0.1) is 0 Å². The number of benzene rings is 1. The van der Waals surface area contributed by atoms with Crippen molar-refractivity contribution in [3.8, 4) is 0 Å². The van der Waals surface area contributed by atoms with E-state index in [1.807, 2.05) is 0 Å². The average molecular weight is 244 g/mol. The van der Waals surface area contributed by atoms with Crippen LogP contribution in [0.5, 0.6) is 0 Å².